The van der Waals surface area contributed by atoms with Crippen LogP contribution in [0.3, 0.4) is 0 Å². The van der Waals surface area contributed by atoms with E-state index in [9.17, 15) is 0 Å². The predicted octanol–water partition coefficient (Wildman–Crippen LogP) is 4.01. The predicted molar refractivity (Wildman–Crippen MR) is 89.3 cm³/mol. The first-order valence-electron chi connectivity index (χ1n) is 7.56. The first-order valence-corrected chi connectivity index (χ1v) is 7.93. The number of nitrogens with zero attached hydrogens (tertiary/aromatic N) is 2. The topological polar surface area (TPSA) is 74.9 Å². The van der Waals surface area contributed by atoms with Crippen molar-refractivity contribution in [2.45, 2.75) is 26.2 Å². The Hall–Kier alpha value is -2.11. The molecule has 0 aliphatic rings. The van der Waals surface area contributed by atoms with Crippen LogP contribution >= 0.6 is 11.6 Å². The molecule has 5 nitrogen and oxygen atoms in total. The van der Waals surface area contributed by atoms with Gasteiger partial charge in [0.15, 0.2) is 0 Å². The number of oxazole rings is 1. The number of benzene rings is 1. The highest BCUT2D eigenvalue weighted by atomic mass is 35.5. The highest BCUT2D eigenvalue weighted by Crippen LogP contribution is 2.30. The van der Waals surface area contributed by atoms with E-state index < -0.39 is 0 Å². The van der Waals surface area contributed by atoms with Gasteiger partial charge < -0.3 is 14.5 Å². The van der Waals surface area contributed by atoms with E-state index >= 15 is 0 Å². The quantitative estimate of drug-likeness (QED) is 0.669. The van der Waals surface area contributed by atoms with Crippen LogP contribution in [-0.4, -0.2) is 26.7 Å². The number of rotatable bonds is 6. The van der Waals surface area contributed by atoms with E-state index in [-0.39, 0.29) is 6.61 Å². The largest absolute Gasteiger partial charge is 0.439 e. The zero-order chi connectivity index (χ0) is 16.2. The molecule has 120 valence electrons. The van der Waals surface area contributed by atoms with Gasteiger partial charge in [-0.15, -0.1) is 0 Å². The van der Waals surface area contributed by atoms with Gasteiger partial charge in [-0.25, -0.2) is 9.97 Å². The third-order valence-electron chi connectivity index (χ3n) is 3.56. The van der Waals surface area contributed by atoms with Crippen LogP contribution in [0.5, 0.6) is 0 Å². The third kappa shape index (κ3) is 3.63. The summed E-state index contributed by atoms with van der Waals surface area (Å²) in [6, 6.07) is 7.53. The molecule has 0 spiro atoms. The van der Waals surface area contributed by atoms with Gasteiger partial charge in [0, 0.05) is 23.6 Å². The Bertz CT molecular complexity index is 777. The molecule has 0 amide bonds. The summed E-state index contributed by atoms with van der Waals surface area (Å²) in [6.07, 6.45) is 4.01. The molecule has 6 heteroatoms. The molecule has 0 radical (unpaired) electrons. The van der Waals surface area contributed by atoms with E-state index in [1.807, 2.05) is 31.2 Å². The Kier molecular flexibility index (Phi) is 4.79. The smallest absolute Gasteiger partial charge is 0.245 e. The Morgan fingerprint density at radius 1 is 1.22 bits per heavy atom. The fourth-order valence-electron chi connectivity index (χ4n) is 2.40. The zero-order valence-corrected chi connectivity index (χ0v) is 13.6. The molecule has 3 rings (SSSR count). The second kappa shape index (κ2) is 6.98. The molecule has 3 aromatic rings. The minimum Gasteiger partial charge on any atom is -0.439 e. The number of aliphatic hydroxyl groups is 1. The number of nitrogens with one attached hydrogen (secondary N) is 1. The van der Waals surface area contributed by atoms with Crippen molar-refractivity contribution in [3.05, 3.63) is 47.1 Å². The molecule has 1 aromatic carbocycles. The van der Waals surface area contributed by atoms with E-state index in [0.29, 0.717) is 10.9 Å². The number of imidazole rings is 1. The van der Waals surface area contributed by atoms with Crippen molar-refractivity contribution in [2.24, 2.45) is 0 Å². The van der Waals surface area contributed by atoms with Crippen LogP contribution in [0.15, 0.2) is 34.9 Å². The van der Waals surface area contributed by atoms with Crippen molar-refractivity contribution in [3.8, 4) is 22.8 Å². The molecule has 0 atom stereocenters. The van der Waals surface area contributed by atoms with Crippen LogP contribution in [-0.2, 0) is 6.42 Å². The number of aromatic nitrogens is 3. The lowest BCUT2D eigenvalue weighted by Gasteiger charge is -2.01. The summed E-state index contributed by atoms with van der Waals surface area (Å²) in [6.45, 7) is 2.06. The molecule has 0 saturated carbocycles. The summed E-state index contributed by atoms with van der Waals surface area (Å²) < 4.78 is 5.95. The average molecular weight is 332 g/mol. The number of halogens is 1. The Balaban J connectivity index is 1.97. The molecule has 0 fully saturated rings. The van der Waals surface area contributed by atoms with Gasteiger partial charge >= 0.3 is 0 Å². The fraction of sp³-hybridized carbons (Fsp3) is 0.294. The van der Waals surface area contributed by atoms with E-state index in [1.165, 1.54) is 0 Å². The molecule has 0 unspecified atom stereocenters. The van der Waals surface area contributed by atoms with Gasteiger partial charge in [0.05, 0.1) is 6.20 Å². The number of aromatic amines is 1. The number of hydrogen-bond donors (Lipinski definition) is 2. The van der Waals surface area contributed by atoms with Gasteiger partial charge in [-0.3, -0.25) is 0 Å². The van der Waals surface area contributed by atoms with Crippen LogP contribution in [0.4, 0.5) is 0 Å². The van der Waals surface area contributed by atoms with Crippen LogP contribution in [0.1, 0.15) is 24.4 Å². The van der Waals surface area contributed by atoms with Gasteiger partial charge in [0.1, 0.15) is 23.0 Å². The van der Waals surface area contributed by atoms with Crippen molar-refractivity contribution in [1.29, 1.82) is 0 Å². The lowest BCUT2D eigenvalue weighted by atomic mass is 10.1. The van der Waals surface area contributed by atoms with E-state index in [2.05, 4.69) is 15.0 Å². The molecule has 0 saturated heterocycles. The Morgan fingerprint density at radius 3 is 2.65 bits per heavy atom. The number of unbranched alkanes of at least 4 members (excludes halogenated alkanes) is 1. The molecular weight excluding hydrogens is 314 g/mol. The van der Waals surface area contributed by atoms with Crippen LogP contribution < -0.4 is 0 Å². The van der Waals surface area contributed by atoms with Crippen molar-refractivity contribution < 1.29 is 9.52 Å². The highest BCUT2D eigenvalue weighted by Gasteiger charge is 2.17. The van der Waals surface area contributed by atoms with Gasteiger partial charge in [0.25, 0.3) is 0 Å². The molecule has 0 bridgehead atoms. The summed E-state index contributed by atoms with van der Waals surface area (Å²) in [7, 11) is 0. The lowest BCUT2D eigenvalue weighted by molar-refractivity contribution is 0.283. The zero-order valence-electron chi connectivity index (χ0n) is 12.8. The summed E-state index contributed by atoms with van der Waals surface area (Å²) in [5, 5.41) is 9.66. The maximum Gasteiger partial charge on any atom is 0.245 e. The SMILES string of the molecule is Cc1ncc(-c2nc(-c3ccc(Cl)cc3)c(CCCCO)o2)[nH]1. The minimum absolute atomic E-state index is 0.178. The molecule has 23 heavy (non-hydrogen) atoms. The number of aryl methyl sites for hydroxylation is 2. The maximum absolute atomic E-state index is 8.97. The van der Waals surface area contributed by atoms with Crippen molar-refractivity contribution in [2.75, 3.05) is 6.61 Å². The lowest BCUT2D eigenvalue weighted by Crippen LogP contribution is -1.90. The Labute approximate surface area is 139 Å². The number of aliphatic hydroxyl groups excluding tert-OH is 1. The molecular formula is C17H18ClN3O2. The molecule has 2 N–H and O–H groups in total. The van der Waals surface area contributed by atoms with Crippen molar-refractivity contribution in [3.63, 3.8) is 0 Å². The minimum atomic E-state index is 0.178. The Morgan fingerprint density at radius 2 is 2.00 bits per heavy atom. The first-order chi connectivity index (χ1) is 11.2. The van der Waals surface area contributed by atoms with Crippen LogP contribution in [0, 0.1) is 6.92 Å². The third-order valence-corrected chi connectivity index (χ3v) is 3.81. The van der Waals surface area contributed by atoms with Gasteiger partial charge in [-0.2, -0.15) is 0 Å². The average Bonchev–Trinajstić information content (AvgIpc) is 3.15. The summed E-state index contributed by atoms with van der Waals surface area (Å²) in [5.41, 5.74) is 2.52. The van der Waals surface area contributed by atoms with Gasteiger partial charge in [-0.05, 0) is 31.9 Å². The first kappa shape index (κ1) is 15.8. The monoisotopic (exact) mass is 331 g/mol. The maximum atomic E-state index is 8.97. The van der Waals surface area contributed by atoms with E-state index in [1.54, 1.807) is 6.20 Å². The molecule has 2 aromatic heterocycles. The van der Waals surface area contributed by atoms with Crippen LogP contribution in [0.25, 0.3) is 22.8 Å². The summed E-state index contributed by atoms with van der Waals surface area (Å²) in [5.74, 6) is 2.14. The van der Waals surface area contributed by atoms with Crippen molar-refractivity contribution >= 4 is 11.6 Å². The van der Waals surface area contributed by atoms with Gasteiger partial charge in [0.2, 0.25) is 5.89 Å². The second-order valence-electron chi connectivity index (χ2n) is 5.36. The number of hydrogen-bond acceptors (Lipinski definition) is 4. The molecule has 2 heterocycles. The van der Waals surface area contributed by atoms with Crippen LogP contribution in [0.2, 0.25) is 5.02 Å². The highest BCUT2D eigenvalue weighted by molar-refractivity contribution is 6.30. The summed E-state index contributed by atoms with van der Waals surface area (Å²) >= 11 is 5.96. The van der Waals surface area contributed by atoms with E-state index in [0.717, 1.165) is 47.8 Å². The summed E-state index contributed by atoms with van der Waals surface area (Å²) in [4.78, 5) is 11.9. The van der Waals surface area contributed by atoms with E-state index in [4.69, 9.17) is 21.1 Å². The number of H-pyrrole nitrogens is 1. The normalized spacial score (nSPS) is 11.1. The fourth-order valence-corrected chi connectivity index (χ4v) is 2.52. The molecule has 0 aliphatic heterocycles. The molecule has 0 aliphatic carbocycles. The standard InChI is InChI=1S/C17H18ClN3O2/c1-11-19-10-14(20-11)17-21-16(12-5-7-13(18)8-6-12)15(23-17)4-2-3-9-22/h5-8,10,22H,2-4,9H2,1H3,(H,19,20). The van der Waals surface area contributed by atoms with Gasteiger partial charge in [-0.1, -0.05) is 23.7 Å². The second-order valence-corrected chi connectivity index (χ2v) is 5.80. The van der Waals surface area contributed by atoms with Crippen molar-refractivity contribution in [1.82, 2.24) is 15.0 Å².